The van der Waals surface area contributed by atoms with Crippen LogP contribution in [0.5, 0.6) is 5.75 Å². The summed E-state index contributed by atoms with van der Waals surface area (Å²) in [5, 5.41) is 0. The quantitative estimate of drug-likeness (QED) is 0.511. The fraction of sp³-hybridized carbons (Fsp3) is 0.538. The SMILES string of the molecule is FC(F)(F)c1cccc(OCCCCCCCl)c1. The molecule has 0 radical (unpaired) electrons. The molecule has 102 valence electrons. The molecular weight excluding hydrogens is 265 g/mol. The van der Waals surface area contributed by atoms with Crippen LogP contribution in [0.15, 0.2) is 24.3 Å². The topological polar surface area (TPSA) is 9.23 Å². The molecule has 0 spiro atoms. The molecule has 0 aromatic heterocycles. The number of hydrogen-bond donors (Lipinski definition) is 0. The Bertz CT molecular complexity index is 352. The van der Waals surface area contributed by atoms with E-state index in [1.807, 2.05) is 0 Å². The van der Waals surface area contributed by atoms with E-state index in [1.54, 1.807) is 0 Å². The van der Waals surface area contributed by atoms with Crippen molar-refractivity contribution in [1.82, 2.24) is 0 Å². The smallest absolute Gasteiger partial charge is 0.416 e. The van der Waals surface area contributed by atoms with Gasteiger partial charge in [0.05, 0.1) is 12.2 Å². The first-order chi connectivity index (χ1) is 8.54. The summed E-state index contributed by atoms with van der Waals surface area (Å²) >= 11 is 5.53. The molecule has 18 heavy (non-hydrogen) atoms. The van der Waals surface area contributed by atoms with Crippen molar-refractivity contribution in [1.29, 1.82) is 0 Å². The van der Waals surface area contributed by atoms with Crippen LogP contribution in [-0.4, -0.2) is 12.5 Å². The average molecular weight is 281 g/mol. The van der Waals surface area contributed by atoms with Gasteiger partial charge in [-0.2, -0.15) is 13.2 Å². The summed E-state index contributed by atoms with van der Waals surface area (Å²) in [4.78, 5) is 0. The highest BCUT2D eigenvalue weighted by molar-refractivity contribution is 6.17. The highest BCUT2D eigenvalue weighted by atomic mass is 35.5. The molecule has 0 heterocycles. The molecular formula is C13H16ClF3O. The van der Waals surface area contributed by atoms with Gasteiger partial charge in [0.25, 0.3) is 0 Å². The van der Waals surface area contributed by atoms with Crippen LogP contribution in [0.3, 0.4) is 0 Å². The summed E-state index contributed by atoms with van der Waals surface area (Å²) in [6.45, 7) is 0.434. The van der Waals surface area contributed by atoms with Crippen LogP contribution in [0.2, 0.25) is 0 Å². The maximum atomic E-state index is 12.4. The Balaban J connectivity index is 2.34. The lowest BCUT2D eigenvalue weighted by Crippen LogP contribution is -2.05. The van der Waals surface area contributed by atoms with Crippen molar-refractivity contribution < 1.29 is 17.9 Å². The third-order valence-corrected chi connectivity index (χ3v) is 2.73. The number of unbranched alkanes of at least 4 members (excludes halogenated alkanes) is 3. The van der Waals surface area contributed by atoms with E-state index in [4.69, 9.17) is 16.3 Å². The van der Waals surface area contributed by atoms with Gasteiger partial charge in [-0.05, 0) is 31.0 Å². The van der Waals surface area contributed by atoms with Gasteiger partial charge in [0.15, 0.2) is 0 Å². The van der Waals surface area contributed by atoms with Crippen molar-refractivity contribution in [2.45, 2.75) is 31.9 Å². The molecule has 0 aliphatic heterocycles. The molecule has 0 N–H and O–H groups in total. The van der Waals surface area contributed by atoms with E-state index < -0.39 is 11.7 Å². The van der Waals surface area contributed by atoms with Crippen LogP contribution < -0.4 is 4.74 Å². The van der Waals surface area contributed by atoms with Crippen LogP contribution >= 0.6 is 11.6 Å². The Hall–Kier alpha value is -0.900. The van der Waals surface area contributed by atoms with Crippen molar-refractivity contribution in [3.05, 3.63) is 29.8 Å². The van der Waals surface area contributed by atoms with Crippen LogP contribution in [0.4, 0.5) is 13.2 Å². The molecule has 1 aromatic carbocycles. The zero-order chi connectivity index (χ0) is 13.4. The Morgan fingerprint density at radius 2 is 1.78 bits per heavy atom. The Morgan fingerprint density at radius 1 is 1.06 bits per heavy atom. The molecule has 1 nitrogen and oxygen atoms in total. The van der Waals surface area contributed by atoms with Gasteiger partial charge in [0.2, 0.25) is 0 Å². The molecule has 0 amide bonds. The van der Waals surface area contributed by atoms with E-state index in [-0.39, 0.29) is 5.75 Å². The first kappa shape index (κ1) is 15.2. The third kappa shape index (κ3) is 5.63. The largest absolute Gasteiger partial charge is 0.494 e. The molecule has 0 fully saturated rings. The normalized spacial score (nSPS) is 11.6. The highest BCUT2D eigenvalue weighted by Gasteiger charge is 2.30. The average Bonchev–Trinajstić information content (AvgIpc) is 2.33. The Morgan fingerprint density at radius 3 is 2.44 bits per heavy atom. The molecule has 0 aliphatic rings. The van der Waals surface area contributed by atoms with Gasteiger partial charge in [-0.3, -0.25) is 0 Å². The highest BCUT2D eigenvalue weighted by Crippen LogP contribution is 2.31. The first-order valence-electron chi connectivity index (χ1n) is 5.90. The molecule has 0 unspecified atom stereocenters. The van der Waals surface area contributed by atoms with E-state index in [1.165, 1.54) is 12.1 Å². The fourth-order valence-corrected chi connectivity index (χ4v) is 1.69. The molecule has 5 heteroatoms. The first-order valence-corrected chi connectivity index (χ1v) is 6.43. The second-order valence-corrected chi connectivity index (χ2v) is 4.36. The van der Waals surface area contributed by atoms with E-state index >= 15 is 0 Å². The van der Waals surface area contributed by atoms with Crippen molar-refractivity contribution in [2.24, 2.45) is 0 Å². The molecule has 1 rings (SSSR count). The molecule has 0 aliphatic carbocycles. The summed E-state index contributed by atoms with van der Waals surface area (Å²) in [5.74, 6) is 0.913. The second-order valence-electron chi connectivity index (χ2n) is 3.98. The van der Waals surface area contributed by atoms with Crippen molar-refractivity contribution >= 4 is 11.6 Å². The molecule has 0 atom stereocenters. The molecule has 0 saturated heterocycles. The molecule has 1 aromatic rings. The minimum Gasteiger partial charge on any atom is -0.494 e. The van der Waals surface area contributed by atoms with Crippen LogP contribution in [0.25, 0.3) is 0 Å². The predicted octanol–water partition coefficient (Wildman–Crippen LogP) is 4.88. The minimum absolute atomic E-state index is 0.266. The monoisotopic (exact) mass is 280 g/mol. The zero-order valence-corrected chi connectivity index (χ0v) is 10.7. The van der Waals surface area contributed by atoms with E-state index in [0.717, 1.165) is 37.8 Å². The van der Waals surface area contributed by atoms with Crippen molar-refractivity contribution in [3.63, 3.8) is 0 Å². The molecule has 0 saturated carbocycles. The number of benzene rings is 1. The summed E-state index contributed by atoms with van der Waals surface area (Å²) in [6.07, 6.45) is -0.529. The fourth-order valence-electron chi connectivity index (χ4n) is 1.50. The molecule has 0 bridgehead atoms. The van der Waals surface area contributed by atoms with Crippen LogP contribution in [-0.2, 0) is 6.18 Å². The maximum Gasteiger partial charge on any atom is 0.416 e. The van der Waals surface area contributed by atoms with Crippen molar-refractivity contribution in [2.75, 3.05) is 12.5 Å². The van der Waals surface area contributed by atoms with Gasteiger partial charge in [-0.15, -0.1) is 11.6 Å². The second kappa shape index (κ2) is 7.52. The van der Waals surface area contributed by atoms with Crippen molar-refractivity contribution in [3.8, 4) is 5.75 Å². The lowest BCUT2D eigenvalue weighted by atomic mass is 10.2. The van der Waals surface area contributed by atoms with Crippen LogP contribution in [0.1, 0.15) is 31.2 Å². The predicted molar refractivity (Wildman–Crippen MR) is 66.1 cm³/mol. The zero-order valence-electron chi connectivity index (χ0n) is 9.97. The number of ether oxygens (including phenoxy) is 1. The van der Waals surface area contributed by atoms with Gasteiger partial charge >= 0.3 is 6.18 Å². The number of alkyl halides is 4. The summed E-state index contributed by atoms with van der Waals surface area (Å²) in [7, 11) is 0. The third-order valence-electron chi connectivity index (χ3n) is 2.46. The Kier molecular flexibility index (Phi) is 6.33. The van der Waals surface area contributed by atoms with E-state index in [9.17, 15) is 13.2 Å². The van der Waals surface area contributed by atoms with E-state index in [2.05, 4.69) is 0 Å². The minimum atomic E-state index is -4.32. The van der Waals surface area contributed by atoms with Gasteiger partial charge in [0.1, 0.15) is 5.75 Å². The van der Waals surface area contributed by atoms with Gasteiger partial charge in [-0.1, -0.05) is 18.9 Å². The summed E-state index contributed by atoms with van der Waals surface area (Å²) in [5.41, 5.74) is -0.679. The Labute approximate surface area is 110 Å². The summed E-state index contributed by atoms with van der Waals surface area (Å²) < 4.78 is 42.6. The van der Waals surface area contributed by atoms with Gasteiger partial charge in [0, 0.05) is 5.88 Å². The lowest BCUT2D eigenvalue weighted by molar-refractivity contribution is -0.137. The maximum absolute atomic E-state index is 12.4. The van der Waals surface area contributed by atoms with Crippen LogP contribution in [0, 0.1) is 0 Å². The number of rotatable bonds is 7. The number of hydrogen-bond acceptors (Lipinski definition) is 1. The summed E-state index contributed by atoms with van der Waals surface area (Å²) in [6, 6.07) is 4.95. The lowest BCUT2D eigenvalue weighted by Gasteiger charge is -2.10. The van der Waals surface area contributed by atoms with E-state index in [0.29, 0.717) is 12.5 Å². The number of halogens is 4. The van der Waals surface area contributed by atoms with Gasteiger partial charge < -0.3 is 4.74 Å². The standard InChI is InChI=1S/C13H16ClF3O/c14-8-3-1-2-4-9-18-12-7-5-6-11(10-12)13(15,16)17/h5-7,10H,1-4,8-9H2. The van der Waals surface area contributed by atoms with Gasteiger partial charge in [-0.25, -0.2) is 0 Å².